The number of nitrogens with one attached hydrogen (secondary N) is 2. The van der Waals surface area contributed by atoms with E-state index in [1.54, 1.807) is 12.1 Å². The normalized spacial score (nSPS) is 25.8. The van der Waals surface area contributed by atoms with E-state index in [9.17, 15) is 8.42 Å². The van der Waals surface area contributed by atoms with Crippen molar-refractivity contribution < 1.29 is 8.42 Å². The first-order valence-electron chi connectivity index (χ1n) is 5.01. The largest absolute Gasteiger partial charge is 0.399 e. The Hall–Kier alpha value is -1.11. The summed E-state index contributed by atoms with van der Waals surface area (Å²) >= 11 is 0. The Morgan fingerprint density at radius 2 is 1.94 bits per heavy atom. The van der Waals surface area contributed by atoms with Crippen LogP contribution in [0.5, 0.6) is 0 Å². The Morgan fingerprint density at radius 3 is 2.50 bits per heavy atom. The van der Waals surface area contributed by atoms with E-state index < -0.39 is 15.1 Å². The molecule has 0 spiro atoms. The standard InChI is InChI=1S/C10H15N3O2S/c1-16(14,15)9-6-12-13-10(9)7-2-4-8(11)5-3-7/h2-5,9-10,12-13H,6,11H2,1H3. The molecule has 0 saturated carbocycles. The second-order valence-electron chi connectivity index (χ2n) is 4.04. The number of hydrazine groups is 1. The predicted octanol–water partition coefficient (Wildman–Crippen LogP) is -0.169. The zero-order valence-corrected chi connectivity index (χ0v) is 9.79. The van der Waals surface area contributed by atoms with E-state index in [0.29, 0.717) is 12.2 Å². The highest BCUT2D eigenvalue weighted by Gasteiger charge is 2.35. The van der Waals surface area contributed by atoms with Gasteiger partial charge in [-0.05, 0) is 17.7 Å². The van der Waals surface area contributed by atoms with Gasteiger partial charge in [0.25, 0.3) is 0 Å². The minimum absolute atomic E-state index is 0.212. The lowest BCUT2D eigenvalue weighted by Gasteiger charge is -2.17. The number of anilines is 1. The van der Waals surface area contributed by atoms with Crippen LogP contribution >= 0.6 is 0 Å². The smallest absolute Gasteiger partial charge is 0.153 e. The number of benzene rings is 1. The first-order chi connectivity index (χ1) is 7.48. The van der Waals surface area contributed by atoms with Gasteiger partial charge in [0.15, 0.2) is 9.84 Å². The van der Waals surface area contributed by atoms with Gasteiger partial charge in [-0.3, -0.25) is 5.43 Å². The summed E-state index contributed by atoms with van der Waals surface area (Å²) in [7, 11) is -3.07. The molecule has 1 aromatic carbocycles. The van der Waals surface area contributed by atoms with Gasteiger partial charge in [0.1, 0.15) is 0 Å². The molecule has 16 heavy (non-hydrogen) atoms. The third kappa shape index (κ3) is 2.18. The van der Waals surface area contributed by atoms with E-state index in [4.69, 9.17) is 5.73 Å². The average molecular weight is 241 g/mol. The molecule has 1 aliphatic rings. The SMILES string of the molecule is CS(=O)(=O)C1CNNC1c1ccc(N)cc1. The van der Waals surface area contributed by atoms with Crippen molar-refractivity contribution in [2.75, 3.05) is 18.5 Å². The molecule has 6 heteroatoms. The van der Waals surface area contributed by atoms with Gasteiger partial charge in [-0.2, -0.15) is 0 Å². The highest BCUT2D eigenvalue weighted by molar-refractivity contribution is 7.91. The second-order valence-corrected chi connectivity index (χ2v) is 6.30. The van der Waals surface area contributed by atoms with Gasteiger partial charge in [-0.1, -0.05) is 12.1 Å². The van der Waals surface area contributed by atoms with Crippen LogP contribution in [0.1, 0.15) is 11.6 Å². The van der Waals surface area contributed by atoms with Crippen molar-refractivity contribution in [3.05, 3.63) is 29.8 Å². The average Bonchev–Trinajstić information content (AvgIpc) is 2.66. The van der Waals surface area contributed by atoms with Crippen LogP contribution in [0.25, 0.3) is 0 Å². The number of hydrogen-bond donors (Lipinski definition) is 3. The van der Waals surface area contributed by atoms with Crippen molar-refractivity contribution in [2.45, 2.75) is 11.3 Å². The molecule has 5 nitrogen and oxygen atoms in total. The van der Waals surface area contributed by atoms with Crippen LogP contribution in [0.3, 0.4) is 0 Å². The fourth-order valence-corrected chi connectivity index (χ4v) is 2.99. The summed E-state index contributed by atoms with van der Waals surface area (Å²) in [6.07, 6.45) is 1.26. The van der Waals surface area contributed by atoms with Gasteiger partial charge in [-0.15, -0.1) is 0 Å². The van der Waals surface area contributed by atoms with Crippen LogP contribution in [0.4, 0.5) is 5.69 Å². The number of nitrogens with two attached hydrogens (primary N) is 1. The minimum atomic E-state index is -3.07. The molecular formula is C10H15N3O2S. The van der Waals surface area contributed by atoms with Crippen molar-refractivity contribution in [2.24, 2.45) is 0 Å². The third-order valence-electron chi connectivity index (χ3n) is 2.78. The summed E-state index contributed by atoms with van der Waals surface area (Å²) in [5, 5.41) is -0.434. The first kappa shape index (κ1) is 11.4. The maximum absolute atomic E-state index is 11.6. The van der Waals surface area contributed by atoms with E-state index in [0.717, 1.165) is 5.56 Å². The fourth-order valence-electron chi connectivity index (χ4n) is 1.88. The van der Waals surface area contributed by atoms with Gasteiger partial charge in [-0.25, -0.2) is 13.8 Å². The highest BCUT2D eigenvalue weighted by atomic mass is 32.2. The lowest BCUT2D eigenvalue weighted by atomic mass is 10.1. The molecule has 0 aliphatic carbocycles. The summed E-state index contributed by atoms with van der Waals surface area (Å²) in [6.45, 7) is 0.424. The summed E-state index contributed by atoms with van der Waals surface area (Å²) in [5.41, 5.74) is 13.0. The molecule has 1 aromatic rings. The van der Waals surface area contributed by atoms with E-state index >= 15 is 0 Å². The lowest BCUT2D eigenvalue weighted by Crippen LogP contribution is -2.29. The van der Waals surface area contributed by atoms with E-state index in [1.165, 1.54) is 6.26 Å². The van der Waals surface area contributed by atoms with Gasteiger partial charge in [0.2, 0.25) is 0 Å². The first-order valence-corrected chi connectivity index (χ1v) is 6.96. The van der Waals surface area contributed by atoms with Crippen LogP contribution in [0.2, 0.25) is 0 Å². The van der Waals surface area contributed by atoms with Crippen LogP contribution in [-0.4, -0.2) is 26.5 Å². The maximum atomic E-state index is 11.6. The summed E-state index contributed by atoms with van der Waals surface area (Å²) in [5.74, 6) is 0. The number of sulfone groups is 1. The topological polar surface area (TPSA) is 84.2 Å². The zero-order chi connectivity index (χ0) is 11.8. The Labute approximate surface area is 94.9 Å². The van der Waals surface area contributed by atoms with Crippen molar-refractivity contribution in [1.29, 1.82) is 0 Å². The molecule has 0 aromatic heterocycles. The van der Waals surface area contributed by atoms with E-state index in [-0.39, 0.29) is 6.04 Å². The molecule has 1 fully saturated rings. The van der Waals surface area contributed by atoms with Crippen LogP contribution in [-0.2, 0) is 9.84 Å². The van der Waals surface area contributed by atoms with Crippen LogP contribution < -0.4 is 16.6 Å². The molecule has 4 N–H and O–H groups in total. The Kier molecular flexibility index (Phi) is 2.88. The molecule has 2 rings (SSSR count). The Balaban J connectivity index is 2.30. The fraction of sp³-hybridized carbons (Fsp3) is 0.400. The summed E-state index contributed by atoms with van der Waals surface area (Å²) in [4.78, 5) is 0. The third-order valence-corrected chi connectivity index (χ3v) is 4.32. The minimum Gasteiger partial charge on any atom is -0.399 e. The summed E-state index contributed by atoms with van der Waals surface area (Å²) < 4.78 is 23.2. The number of nitrogen functional groups attached to an aromatic ring is 1. The van der Waals surface area contributed by atoms with Crippen molar-refractivity contribution in [1.82, 2.24) is 10.9 Å². The monoisotopic (exact) mass is 241 g/mol. The van der Waals surface area contributed by atoms with Crippen molar-refractivity contribution in [3.63, 3.8) is 0 Å². The Morgan fingerprint density at radius 1 is 1.31 bits per heavy atom. The molecule has 0 bridgehead atoms. The predicted molar refractivity (Wildman–Crippen MR) is 63.4 cm³/mol. The molecule has 0 amide bonds. The maximum Gasteiger partial charge on any atom is 0.153 e. The number of rotatable bonds is 2. The van der Waals surface area contributed by atoms with E-state index in [1.807, 2.05) is 12.1 Å². The Bertz CT molecular complexity index is 469. The quantitative estimate of drug-likeness (QED) is 0.626. The lowest BCUT2D eigenvalue weighted by molar-refractivity contribution is 0.557. The van der Waals surface area contributed by atoms with E-state index in [2.05, 4.69) is 10.9 Å². The molecule has 1 heterocycles. The van der Waals surface area contributed by atoms with Gasteiger partial charge in [0.05, 0.1) is 11.3 Å². The van der Waals surface area contributed by atoms with Gasteiger partial charge >= 0.3 is 0 Å². The zero-order valence-electron chi connectivity index (χ0n) is 8.97. The highest BCUT2D eigenvalue weighted by Crippen LogP contribution is 2.24. The molecule has 88 valence electrons. The van der Waals surface area contributed by atoms with Crippen LogP contribution in [0, 0.1) is 0 Å². The second kappa shape index (κ2) is 4.04. The summed E-state index contributed by atoms with van der Waals surface area (Å²) in [6, 6.07) is 7.02. The molecule has 1 saturated heterocycles. The van der Waals surface area contributed by atoms with Crippen LogP contribution in [0.15, 0.2) is 24.3 Å². The van der Waals surface area contributed by atoms with Crippen molar-refractivity contribution in [3.8, 4) is 0 Å². The number of hydrogen-bond acceptors (Lipinski definition) is 5. The molecule has 0 radical (unpaired) electrons. The van der Waals surface area contributed by atoms with Gasteiger partial charge < -0.3 is 5.73 Å². The van der Waals surface area contributed by atoms with Gasteiger partial charge in [0, 0.05) is 18.5 Å². The molecule has 2 atom stereocenters. The molecule has 1 aliphatic heterocycles. The molecular weight excluding hydrogens is 226 g/mol. The molecule has 2 unspecified atom stereocenters. The van der Waals surface area contributed by atoms with Crippen molar-refractivity contribution >= 4 is 15.5 Å².